The van der Waals surface area contributed by atoms with E-state index < -0.39 is 0 Å². The summed E-state index contributed by atoms with van der Waals surface area (Å²) >= 11 is 1.52. The maximum absolute atomic E-state index is 5.37. The molecule has 0 aliphatic heterocycles. The number of aromatic nitrogens is 6. The Bertz CT molecular complexity index is 740. The van der Waals surface area contributed by atoms with E-state index in [0.29, 0.717) is 23.0 Å². The van der Waals surface area contributed by atoms with Gasteiger partial charge >= 0.3 is 0 Å². The van der Waals surface area contributed by atoms with Crippen molar-refractivity contribution in [2.24, 2.45) is 5.84 Å². The number of H-pyrrole nitrogens is 1. The fraction of sp³-hybridized carbons (Fsp3) is 0.182. The van der Waals surface area contributed by atoms with Crippen LogP contribution < -0.4 is 11.3 Å². The van der Waals surface area contributed by atoms with Crippen LogP contribution in [0.1, 0.15) is 11.5 Å². The number of hydrazine groups is 1. The smallest absolute Gasteiger partial charge is 0.181 e. The van der Waals surface area contributed by atoms with Gasteiger partial charge in [-0.3, -0.25) is 0 Å². The average Bonchev–Trinajstić information content (AvgIpc) is 2.93. The monoisotopic (exact) mass is 288 g/mol. The van der Waals surface area contributed by atoms with E-state index in [2.05, 4.69) is 35.3 Å². The quantitative estimate of drug-likeness (QED) is 0.282. The number of aryl methyl sites for hydroxylation is 1. The van der Waals surface area contributed by atoms with Gasteiger partial charge in [0.25, 0.3) is 0 Å². The first kappa shape index (κ1) is 12.8. The van der Waals surface area contributed by atoms with Crippen molar-refractivity contribution in [2.45, 2.75) is 17.7 Å². The molecule has 0 bridgehead atoms. The molecule has 0 spiro atoms. The summed E-state index contributed by atoms with van der Waals surface area (Å²) in [6, 6.07) is 1.78. The van der Waals surface area contributed by atoms with E-state index in [1.54, 1.807) is 12.4 Å². The number of nitrogen functional groups attached to an aromatic ring is 1. The van der Waals surface area contributed by atoms with E-state index in [1.165, 1.54) is 18.1 Å². The van der Waals surface area contributed by atoms with Gasteiger partial charge in [-0.2, -0.15) is 0 Å². The predicted molar refractivity (Wildman–Crippen MR) is 75.8 cm³/mol. The lowest BCUT2D eigenvalue weighted by Crippen LogP contribution is -2.10. The molecule has 0 radical (unpaired) electrons. The summed E-state index contributed by atoms with van der Waals surface area (Å²) < 4.78 is 0. The van der Waals surface area contributed by atoms with Crippen molar-refractivity contribution in [2.75, 3.05) is 5.43 Å². The number of nitrogens with zero attached hydrogens (tertiary/aromatic N) is 5. The first-order valence-electron chi connectivity index (χ1n) is 5.84. The Balaban J connectivity index is 1.82. The van der Waals surface area contributed by atoms with Gasteiger partial charge in [-0.25, -0.2) is 30.8 Å². The van der Waals surface area contributed by atoms with Crippen molar-refractivity contribution in [3.8, 4) is 0 Å². The van der Waals surface area contributed by atoms with E-state index in [4.69, 9.17) is 5.84 Å². The third kappa shape index (κ3) is 2.53. The number of fused-ring (bicyclic) bond motifs is 1. The van der Waals surface area contributed by atoms with Crippen molar-refractivity contribution in [1.82, 2.24) is 29.9 Å². The van der Waals surface area contributed by atoms with Crippen molar-refractivity contribution in [3.63, 3.8) is 0 Å². The molecule has 3 aromatic heterocycles. The summed E-state index contributed by atoms with van der Waals surface area (Å²) in [4.78, 5) is 24.1. The van der Waals surface area contributed by atoms with E-state index in [9.17, 15) is 0 Å². The summed E-state index contributed by atoms with van der Waals surface area (Å²) in [6.45, 7) is 1.90. The maximum atomic E-state index is 5.37. The number of nitrogens with two attached hydrogens (primary N) is 1. The fourth-order valence-electron chi connectivity index (χ4n) is 1.75. The van der Waals surface area contributed by atoms with Gasteiger partial charge in [0.1, 0.15) is 28.5 Å². The van der Waals surface area contributed by atoms with Crippen LogP contribution in [0.15, 0.2) is 23.7 Å². The van der Waals surface area contributed by atoms with Crippen LogP contribution in [0.3, 0.4) is 0 Å². The number of imidazole rings is 1. The summed E-state index contributed by atoms with van der Waals surface area (Å²) in [5, 5.41) is 0.819. The molecule has 0 amide bonds. The fourth-order valence-corrected chi connectivity index (χ4v) is 2.56. The highest BCUT2D eigenvalue weighted by Crippen LogP contribution is 2.24. The molecule has 8 nitrogen and oxygen atoms in total. The molecule has 4 N–H and O–H groups in total. The second-order valence-electron chi connectivity index (χ2n) is 4.02. The average molecular weight is 288 g/mol. The maximum Gasteiger partial charge on any atom is 0.181 e. The van der Waals surface area contributed by atoms with Crippen LogP contribution in [0.5, 0.6) is 0 Å². The molecule has 3 rings (SSSR count). The minimum atomic E-state index is 0.585. The molecule has 0 atom stereocenters. The van der Waals surface area contributed by atoms with E-state index in [1.807, 2.05) is 6.92 Å². The van der Waals surface area contributed by atoms with Gasteiger partial charge in [-0.15, -0.1) is 0 Å². The van der Waals surface area contributed by atoms with Gasteiger partial charge in [0.15, 0.2) is 5.65 Å². The van der Waals surface area contributed by atoms with Crippen LogP contribution in [-0.4, -0.2) is 29.9 Å². The highest BCUT2D eigenvalue weighted by atomic mass is 32.2. The molecule has 102 valence electrons. The predicted octanol–water partition coefficient (Wildman–Crippen LogP) is 1.03. The molecule has 0 aromatic carbocycles. The molecule has 3 aromatic rings. The zero-order valence-corrected chi connectivity index (χ0v) is 11.5. The molecule has 0 aliphatic rings. The van der Waals surface area contributed by atoms with Gasteiger partial charge in [0.05, 0.1) is 12.1 Å². The SMILES string of the molecule is Cc1cc(NN)nc(CSc2ncnc3nc[nH]c23)n1. The number of aromatic amines is 1. The van der Waals surface area contributed by atoms with Crippen molar-refractivity contribution >= 4 is 28.7 Å². The third-order valence-corrected chi connectivity index (χ3v) is 3.56. The molecule has 20 heavy (non-hydrogen) atoms. The summed E-state index contributed by atoms with van der Waals surface area (Å²) in [5.74, 6) is 7.25. The molecule has 0 aliphatic carbocycles. The van der Waals surface area contributed by atoms with Gasteiger partial charge in [-0.1, -0.05) is 11.8 Å². The lowest BCUT2D eigenvalue weighted by molar-refractivity contribution is 0.987. The number of hydrogen-bond donors (Lipinski definition) is 3. The molecular formula is C11H12N8S. The lowest BCUT2D eigenvalue weighted by atomic mass is 10.4. The standard InChI is InChI=1S/C11H12N8S/c1-6-2-7(19-12)18-8(17-6)3-20-11-9-10(14-4-13-9)15-5-16-11/h2,4-5H,3,12H2,1H3,(H,17,18,19)(H,13,14,15,16). The lowest BCUT2D eigenvalue weighted by Gasteiger charge is -2.05. The Labute approximate surface area is 118 Å². The largest absolute Gasteiger partial charge is 0.341 e. The number of thioether (sulfide) groups is 1. The Morgan fingerprint density at radius 1 is 1.30 bits per heavy atom. The Kier molecular flexibility index (Phi) is 3.44. The van der Waals surface area contributed by atoms with Crippen molar-refractivity contribution in [3.05, 3.63) is 30.2 Å². The number of anilines is 1. The summed E-state index contributed by atoms with van der Waals surface area (Å²) in [7, 11) is 0. The molecule has 0 saturated carbocycles. The van der Waals surface area contributed by atoms with Crippen LogP contribution >= 0.6 is 11.8 Å². The second-order valence-corrected chi connectivity index (χ2v) is 4.99. The number of hydrogen-bond acceptors (Lipinski definition) is 8. The molecule has 0 unspecified atom stereocenters. The van der Waals surface area contributed by atoms with Crippen molar-refractivity contribution < 1.29 is 0 Å². The summed E-state index contributed by atoms with van der Waals surface area (Å²) in [5.41, 5.74) is 4.86. The number of rotatable bonds is 4. The molecular weight excluding hydrogens is 276 g/mol. The van der Waals surface area contributed by atoms with E-state index in [0.717, 1.165) is 16.2 Å². The van der Waals surface area contributed by atoms with Gasteiger partial charge in [0, 0.05) is 11.8 Å². The highest BCUT2D eigenvalue weighted by Gasteiger charge is 2.08. The molecule has 0 saturated heterocycles. The topological polar surface area (TPSA) is 118 Å². The molecule has 0 fully saturated rings. The zero-order valence-electron chi connectivity index (χ0n) is 10.7. The number of nitrogens with one attached hydrogen (secondary N) is 2. The van der Waals surface area contributed by atoms with E-state index >= 15 is 0 Å². The molecule has 3 heterocycles. The van der Waals surface area contributed by atoms with Crippen LogP contribution in [0, 0.1) is 6.92 Å². The Morgan fingerprint density at radius 2 is 2.20 bits per heavy atom. The second kappa shape index (κ2) is 5.39. The van der Waals surface area contributed by atoms with Crippen molar-refractivity contribution in [1.29, 1.82) is 0 Å². The minimum Gasteiger partial charge on any atom is -0.341 e. The van der Waals surface area contributed by atoms with Gasteiger partial charge in [0.2, 0.25) is 0 Å². The van der Waals surface area contributed by atoms with Gasteiger partial charge < -0.3 is 10.4 Å². The Hall–Kier alpha value is -2.26. The summed E-state index contributed by atoms with van der Waals surface area (Å²) in [6.07, 6.45) is 3.10. The van der Waals surface area contributed by atoms with Crippen LogP contribution in [-0.2, 0) is 5.75 Å². The molecule has 9 heteroatoms. The van der Waals surface area contributed by atoms with Crippen LogP contribution in [0.4, 0.5) is 5.82 Å². The zero-order chi connectivity index (χ0) is 13.9. The van der Waals surface area contributed by atoms with Crippen LogP contribution in [0.2, 0.25) is 0 Å². The Morgan fingerprint density at radius 3 is 3.05 bits per heavy atom. The van der Waals surface area contributed by atoms with E-state index in [-0.39, 0.29) is 0 Å². The first-order chi connectivity index (χ1) is 9.76. The third-order valence-electron chi connectivity index (χ3n) is 2.57. The first-order valence-corrected chi connectivity index (χ1v) is 6.83. The highest BCUT2D eigenvalue weighted by molar-refractivity contribution is 7.98. The normalized spacial score (nSPS) is 10.9. The minimum absolute atomic E-state index is 0.585. The van der Waals surface area contributed by atoms with Crippen LogP contribution in [0.25, 0.3) is 11.2 Å². The van der Waals surface area contributed by atoms with Gasteiger partial charge in [-0.05, 0) is 6.92 Å².